The summed E-state index contributed by atoms with van der Waals surface area (Å²) in [6, 6.07) is 13.1. The SMILES string of the molecule is CC[C@]1(C)NC(=O)N(C[C@@H](O)COc2ccc3ccccc3c2)C1=O. The maximum Gasteiger partial charge on any atom is 0.325 e. The molecule has 0 radical (unpaired) electrons. The normalized spacial score (nSPS) is 21.5. The molecule has 132 valence electrons. The van der Waals surface area contributed by atoms with Crippen LogP contribution in [0.1, 0.15) is 20.3 Å². The first-order valence-electron chi connectivity index (χ1n) is 8.37. The molecule has 0 bridgehead atoms. The highest BCUT2D eigenvalue weighted by Gasteiger charge is 2.46. The third kappa shape index (κ3) is 3.44. The highest BCUT2D eigenvalue weighted by molar-refractivity contribution is 6.06. The average Bonchev–Trinajstić information content (AvgIpc) is 2.83. The summed E-state index contributed by atoms with van der Waals surface area (Å²) in [6.45, 7) is 3.43. The highest BCUT2D eigenvalue weighted by atomic mass is 16.5. The third-order valence-corrected chi connectivity index (χ3v) is 4.61. The Bertz CT molecular complexity index is 807. The van der Waals surface area contributed by atoms with Crippen molar-refractivity contribution in [3.05, 3.63) is 42.5 Å². The van der Waals surface area contributed by atoms with Crippen LogP contribution in [0, 0.1) is 0 Å². The zero-order valence-corrected chi connectivity index (χ0v) is 14.4. The van der Waals surface area contributed by atoms with Crippen LogP contribution in [0.25, 0.3) is 10.8 Å². The summed E-state index contributed by atoms with van der Waals surface area (Å²) < 4.78 is 5.62. The standard InChI is InChI=1S/C19H22N2O4/c1-3-19(2)17(23)21(18(24)20-19)11-15(22)12-25-16-9-8-13-6-4-5-7-14(13)10-16/h4-10,15,22H,3,11-12H2,1-2H3,(H,20,24)/t15-,19+/m1/s1. The van der Waals surface area contributed by atoms with E-state index in [9.17, 15) is 14.7 Å². The molecular formula is C19H22N2O4. The van der Waals surface area contributed by atoms with Gasteiger partial charge in [-0.1, -0.05) is 37.3 Å². The van der Waals surface area contributed by atoms with Crippen LogP contribution in [0.3, 0.4) is 0 Å². The van der Waals surface area contributed by atoms with E-state index in [4.69, 9.17) is 4.74 Å². The van der Waals surface area contributed by atoms with Gasteiger partial charge in [-0.3, -0.25) is 9.69 Å². The Kier molecular flexibility index (Phi) is 4.63. The van der Waals surface area contributed by atoms with Crippen LogP contribution in [-0.4, -0.2) is 46.7 Å². The quantitative estimate of drug-likeness (QED) is 0.790. The fraction of sp³-hybridized carbons (Fsp3) is 0.368. The minimum absolute atomic E-state index is 0.00175. The van der Waals surface area contributed by atoms with Gasteiger partial charge in [0.05, 0.1) is 6.54 Å². The van der Waals surface area contributed by atoms with Crippen molar-refractivity contribution in [2.45, 2.75) is 31.9 Å². The Hall–Kier alpha value is -2.60. The zero-order chi connectivity index (χ0) is 18.0. The smallest absolute Gasteiger partial charge is 0.325 e. The molecule has 1 fully saturated rings. The Morgan fingerprint density at radius 2 is 1.92 bits per heavy atom. The van der Waals surface area contributed by atoms with Gasteiger partial charge in [0.1, 0.15) is 24.0 Å². The summed E-state index contributed by atoms with van der Waals surface area (Å²) in [4.78, 5) is 25.3. The van der Waals surface area contributed by atoms with Crippen molar-refractivity contribution in [2.75, 3.05) is 13.2 Å². The van der Waals surface area contributed by atoms with Gasteiger partial charge in [0, 0.05) is 0 Å². The first-order valence-corrected chi connectivity index (χ1v) is 8.37. The van der Waals surface area contributed by atoms with Crippen molar-refractivity contribution in [1.29, 1.82) is 0 Å². The number of urea groups is 1. The molecule has 2 N–H and O–H groups in total. The number of nitrogens with one attached hydrogen (secondary N) is 1. The first-order chi connectivity index (χ1) is 11.9. The number of hydrogen-bond acceptors (Lipinski definition) is 4. The van der Waals surface area contributed by atoms with Crippen molar-refractivity contribution in [2.24, 2.45) is 0 Å². The summed E-state index contributed by atoms with van der Waals surface area (Å²) in [5.41, 5.74) is -0.893. The van der Waals surface area contributed by atoms with Crippen molar-refractivity contribution in [3.63, 3.8) is 0 Å². The fourth-order valence-corrected chi connectivity index (χ4v) is 2.87. The molecule has 1 aliphatic rings. The second-order valence-electron chi connectivity index (χ2n) is 6.51. The number of amides is 3. The number of β-amino-alcohol motifs (C(OH)–C–C–N with tert-alkyl or cyclic N) is 1. The number of fused-ring (bicyclic) bond motifs is 1. The number of carbonyl (C=O) groups excluding carboxylic acids is 2. The molecule has 2 atom stereocenters. The van der Waals surface area contributed by atoms with Gasteiger partial charge in [-0.15, -0.1) is 0 Å². The molecule has 0 spiro atoms. The first kappa shape index (κ1) is 17.2. The van der Waals surface area contributed by atoms with E-state index in [1.165, 1.54) is 0 Å². The molecule has 0 unspecified atom stereocenters. The minimum atomic E-state index is -0.958. The number of benzene rings is 2. The summed E-state index contributed by atoms with van der Waals surface area (Å²) in [5.74, 6) is 0.318. The van der Waals surface area contributed by atoms with Crippen molar-refractivity contribution < 1.29 is 19.4 Å². The van der Waals surface area contributed by atoms with E-state index in [1.54, 1.807) is 6.92 Å². The highest BCUT2D eigenvalue weighted by Crippen LogP contribution is 2.22. The van der Waals surface area contributed by atoms with Crippen LogP contribution in [0.5, 0.6) is 5.75 Å². The van der Waals surface area contributed by atoms with Crippen molar-refractivity contribution in [3.8, 4) is 5.75 Å². The van der Waals surface area contributed by atoms with Gasteiger partial charge in [0.25, 0.3) is 5.91 Å². The van der Waals surface area contributed by atoms with Crippen molar-refractivity contribution in [1.82, 2.24) is 10.2 Å². The Labute approximate surface area is 146 Å². The van der Waals surface area contributed by atoms with Gasteiger partial charge in [-0.2, -0.15) is 0 Å². The predicted molar refractivity (Wildman–Crippen MR) is 94.4 cm³/mol. The van der Waals surface area contributed by atoms with Crippen LogP contribution >= 0.6 is 0 Å². The number of nitrogens with zero attached hydrogens (tertiary/aromatic N) is 1. The third-order valence-electron chi connectivity index (χ3n) is 4.61. The summed E-state index contributed by atoms with van der Waals surface area (Å²) in [5, 5.41) is 15.0. The number of aliphatic hydroxyl groups excluding tert-OH is 1. The lowest BCUT2D eigenvalue weighted by Gasteiger charge is -2.21. The largest absolute Gasteiger partial charge is 0.491 e. The summed E-state index contributed by atoms with van der Waals surface area (Å²) >= 11 is 0. The lowest BCUT2D eigenvalue weighted by molar-refractivity contribution is -0.132. The Morgan fingerprint density at radius 3 is 2.60 bits per heavy atom. The van der Waals surface area contributed by atoms with Gasteiger partial charge in [0.15, 0.2) is 0 Å². The number of hydrogen-bond donors (Lipinski definition) is 2. The van der Waals surface area contributed by atoms with Gasteiger partial charge in [-0.25, -0.2) is 4.79 Å². The van der Waals surface area contributed by atoms with Crippen molar-refractivity contribution >= 4 is 22.7 Å². The number of ether oxygens (including phenoxy) is 1. The second-order valence-corrected chi connectivity index (χ2v) is 6.51. The summed E-state index contributed by atoms with van der Waals surface area (Å²) in [6.07, 6.45) is -0.460. The maximum absolute atomic E-state index is 12.3. The van der Waals surface area contributed by atoms with Crippen LogP contribution in [0.2, 0.25) is 0 Å². The zero-order valence-electron chi connectivity index (χ0n) is 14.4. The van der Waals surface area contributed by atoms with E-state index >= 15 is 0 Å². The molecule has 25 heavy (non-hydrogen) atoms. The molecule has 0 saturated carbocycles. The molecule has 6 nitrogen and oxygen atoms in total. The van der Waals surface area contributed by atoms with Crippen LogP contribution in [-0.2, 0) is 4.79 Å². The lowest BCUT2D eigenvalue weighted by atomic mass is 9.99. The van der Waals surface area contributed by atoms with E-state index in [2.05, 4.69) is 5.32 Å². The summed E-state index contributed by atoms with van der Waals surface area (Å²) in [7, 11) is 0. The lowest BCUT2D eigenvalue weighted by Crippen LogP contribution is -2.44. The average molecular weight is 342 g/mol. The maximum atomic E-state index is 12.3. The molecule has 2 aromatic rings. The molecule has 3 amide bonds. The Balaban J connectivity index is 1.60. The molecule has 1 heterocycles. The van der Waals surface area contributed by atoms with E-state index in [-0.39, 0.29) is 19.1 Å². The number of carbonyl (C=O) groups is 2. The van der Waals surface area contributed by atoms with E-state index in [0.717, 1.165) is 15.7 Å². The van der Waals surface area contributed by atoms with Gasteiger partial charge in [0.2, 0.25) is 0 Å². The van der Waals surface area contributed by atoms with Crippen LogP contribution < -0.4 is 10.1 Å². The molecule has 0 aliphatic carbocycles. The number of imide groups is 1. The van der Waals surface area contributed by atoms with Crippen LogP contribution in [0.15, 0.2) is 42.5 Å². The topological polar surface area (TPSA) is 78.9 Å². The number of rotatable bonds is 6. The van der Waals surface area contributed by atoms with E-state index in [0.29, 0.717) is 12.2 Å². The monoisotopic (exact) mass is 342 g/mol. The molecule has 1 aliphatic heterocycles. The molecular weight excluding hydrogens is 320 g/mol. The Morgan fingerprint density at radius 1 is 1.20 bits per heavy atom. The molecule has 6 heteroatoms. The minimum Gasteiger partial charge on any atom is -0.491 e. The number of aliphatic hydroxyl groups is 1. The van der Waals surface area contributed by atoms with Gasteiger partial charge >= 0.3 is 6.03 Å². The van der Waals surface area contributed by atoms with Crippen LogP contribution in [0.4, 0.5) is 4.79 Å². The molecule has 1 saturated heterocycles. The van der Waals surface area contributed by atoms with Gasteiger partial charge < -0.3 is 15.2 Å². The van der Waals surface area contributed by atoms with Gasteiger partial charge in [-0.05, 0) is 36.2 Å². The molecule has 3 rings (SSSR count). The molecule has 0 aromatic heterocycles. The van der Waals surface area contributed by atoms with E-state index < -0.39 is 17.7 Å². The predicted octanol–water partition coefficient (Wildman–Crippen LogP) is 2.30. The molecule has 2 aromatic carbocycles. The van der Waals surface area contributed by atoms with E-state index in [1.807, 2.05) is 49.4 Å². The second kappa shape index (κ2) is 6.72. The fourth-order valence-electron chi connectivity index (χ4n) is 2.87.